The second kappa shape index (κ2) is 7.98. The van der Waals surface area contributed by atoms with E-state index < -0.39 is 12.0 Å². The number of halogens is 2. The van der Waals surface area contributed by atoms with Crippen LogP contribution in [0.5, 0.6) is 0 Å². The molecule has 0 unspecified atom stereocenters. The van der Waals surface area contributed by atoms with Crippen LogP contribution in [0, 0.1) is 5.95 Å². The Morgan fingerprint density at radius 1 is 1.38 bits per heavy atom. The molecule has 0 fully saturated rings. The predicted molar refractivity (Wildman–Crippen MR) is 98.2 cm³/mol. The molecular weight excluding hydrogens is 399 g/mol. The molecule has 3 aromatic heterocycles. The predicted octanol–water partition coefficient (Wildman–Crippen LogP) is 4.65. The van der Waals surface area contributed by atoms with Gasteiger partial charge in [-0.1, -0.05) is 23.4 Å². The number of pyridine rings is 2. The summed E-state index contributed by atoms with van der Waals surface area (Å²) in [7, 11) is 1.45. The van der Waals surface area contributed by atoms with E-state index in [1.807, 2.05) is 0 Å². The number of thiazole rings is 1. The van der Waals surface area contributed by atoms with E-state index in [2.05, 4.69) is 15.0 Å². The summed E-state index contributed by atoms with van der Waals surface area (Å²) in [6.07, 6.45) is 1.87. The van der Waals surface area contributed by atoms with Gasteiger partial charge in [-0.05, 0) is 24.3 Å². The van der Waals surface area contributed by atoms with Gasteiger partial charge in [-0.2, -0.15) is 4.39 Å². The van der Waals surface area contributed by atoms with Crippen molar-refractivity contribution < 1.29 is 14.3 Å². The maximum absolute atomic E-state index is 14.2. The Balaban J connectivity index is 2.01. The number of nitrogens with zero attached hydrogens (tertiary/aromatic N) is 4. The average molecular weight is 411 g/mol. The number of hydrogen-bond donors (Lipinski definition) is 1. The van der Waals surface area contributed by atoms with Crippen LogP contribution in [0.3, 0.4) is 0 Å². The molecule has 0 aliphatic heterocycles. The van der Waals surface area contributed by atoms with Gasteiger partial charge in [-0.15, -0.1) is 11.3 Å². The molecule has 3 heterocycles. The Morgan fingerprint density at radius 3 is 2.88 bits per heavy atom. The SMILES string of the molecule is CN(Cc1nc(-c2cccnc2F)c(Sc2ccnc(Cl)c2)s1)C(=O)O. The molecule has 1 N–H and O–H groups in total. The quantitative estimate of drug-likeness (QED) is 0.616. The zero-order valence-corrected chi connectivity index (χ0v) is 15.8. The van der Waals surface area contributed by atoms with Crippen molar-refractivity contribution in [3.63, 3.8) is 0 Å². The van der Waals surface area contributed by atoms with Crippen molar-refractivity contribution in [3.8, 4) is 11.3 Å². The van der Waals surface area contributed by atoms with E-state index in [1.54, 1.807) is 30.5 Å². The van der Waals surface area contributed by atoms with Crippen molar-refractivity contribution in [2.45, 2.75) is 15.6 Å². The lowest BCUT2D eigenvalue weighted by Gasteiger charge is -2.09. The highest BCUT2D eigenvalue weighted by molar-refractivity contribution is 8.01. The molecule has 26 heavy (non-hydrogen) atoms. The number of hydrogen-bond acceptors (Lipinski definition) is 6. The van der Waals surface area contributed by atoms with Crippen LogP contribution in [0.25, 0.3) is 11.3 Å². The Morgan fingerprint density at radius 2 is 2.19 bits per heavy atom. The molecular formula is C16H12ClFN4O2S2. The fourth-order valence-corrected chi connectivity index (χ4v) is 4.65. The minimum absolute atomic E-state index is 0.104. The third kappa shape index (κ3) is 4.29. The van der Waals surface area contributed by atoms with Gasteiger partial charge in [0.1, 0.15) is 15.9 Å². The lowest BCUT2D eigenvalue weighted by molar-refractivity contribution is 0.153. The minimum Gasteiger partial charge on any atom is -0.465 e. The van der Waals surface area contributed by atoms with Gasteiger partial charge in [0.25, 0.3) is 0 Å². The molecule has 1 amide bonds. The fraction of sp³-hybridized carbons (Fsp3) is 0.125. The van der Waals surface area contributed by atoms with Gasteiger partial charge < -0.3 is 10.0 Å². The van der Waals surface area contributed by atoms with E-state index >= 15 is 0 Å². The van der Waals surface area contributed by atoms with E-state index in [0.29, 0.717) is 20.1 Å². The molecule has 0 saturated heterocycles. The van der Waals surface area contributed by atoms with Crippen molar-refractivity contribution in [2.75, 3.05) is 7.05 Å². The zero-order chi connectivity index (χ0) is 18.7. The molecule has 3 rings (SSSR count). The maximum atomic E-state index is 14.2. The first-order chi connectivity index (χ1) is 12.4. The summed E-state index contributed by atoms with van der Waals surface area (Å²) in [6.45, 7) is 0.104. The molecule has 0 aliphatic rings. The summed E-state index contributed by atoms with van der Waals surface area (Å²) < 4.78 is 14.9. The van der Waals surface area contributed by atoms with Gasteiger partial charge in [0.15, 0.2) is 0 Å². The standard InChI is InChI=1S/C16H12ClFN4O2S2/c1-22(16(23)24)8-12-21-13(10-3-2-5-20-14(10)18)15(26-12)25-9-4-6-19-11(17)7-9/h2-7H,8H2,1H3,(H,23,24). The van der Waals surface area contributed by atoms with Crippen LogP contribution in [0.4, 0.5) is 9.18 Å². The first kappa shape index (κ1) is 18.6. The van der Waals surface area contributed by atoms with Crippen LogP contribution in [-0.2, 0) is 6.54 Å². The molecule has 10 heteroatoms. The number of amides is 1. The van der Waals surface area contributed by atoms with E-state index in [-0.39, 0.29) is 12.1 Å². The van der Waals surface area contributed by atoms with Crippen molar-refractivity contribution in [2.24, 2.45) is 0 Å². The summed E-state index contributed by atoms with van der Waals surface area (Å²) in [6, 6.07) is 6.69. The second-order valence-electron chi connectivity index (χ2n) is 5.14. The summed E-state index contributed by atoms with van der Waals surface area (Å²) in [5, 5.41) is 9.95. The third-order valence-corrected chi connectivity index (χ3v) is 5.67. The fourth-order valence-electron chi connectivity index (χ4n) is 2.04. The van der Waals surface area contributed by atoms with E-state index in [0.717, 1.165) is 9.80 Å². The topological polar surface area (TPSA) is 79.2 Å². The van der Waals surface area contributed by atoms with Crippen molar-refractivity contribution >= 4 is 40.8 Å². The Bertz CT molecular complexity index is 954. The van der Waals surface area contributed by atoms with Crippen LogP contribution in [0.2, 0.25) is 5.15 Å². The van der Waals surface area contributed by atoms with Gasteiger partial charge in [0.05, 0.1) is 16.3 Å². The highest BCUT2D eigenvalue weighted by Gasteiger charge is 2.19. The molecule has 134 valence electrons. The smallest absolute Gasteiger partial charge is 0.407 e. The van der Waals surface area contributed by atoms with Crippen LogP contribution >= 0.6 is 34.7 Å². The highest BCUT2D eigenvalue weighted by Crippen LogP contribution is 2.41. The Hall–Kier alpha value is -2.23. The summed E-state index contributed by atoms with van der Waals surface area (Å²) in [5.74, 6) is -0.634. The lowest BCUT2D eigenvalue weighted by Crippen LogP contribution is -2.23. The Kier molecular flexibility index (Phi) is 5.70. The summed E-state index contributed by atoms with van der Waals surface area (Å²) >= 11 is 8.58. The lowest BCUT2D eigenvalue weighted by atomic mass is 10.2. The first-order valence-corrected chi connectivity index (χ1v) is 9.29. The third-order valence-electron chi connectivity index (χ3n) is 3.26. The van der Waals surface area contributed by atoms with Gasteiger partial charge in [0.2, 0.25) is 5.95 Å². The Labute approximate surface area is 161 Å². The summed E-state index contributed by atoms with van der Waals surface area (Å²) in [5.41, 5.74) is 0.683. The summed E-state index contributed by atoms with van der Waals surface area (Å²) in [4.78, 5) is 25.0. The molecule has 0 saturated carbocycles. The number of aromatic nitrogens is 3. The normalized spacial score (nSPS) is 10.7. The van der Waals surface area contributed by atoms with Gasteiger partial charge in [-0.25, -0.2) is 19.7 Å². The average Bonchev–Trinajstić information content (AvgIpc) is 2.97. The van der Waals surface area contributed by atoms with Crippen LogP contribution in [0.15, 0.2) is 45.8 Å². The van der Waals surface area contributed by atoms with Crippen molar-refractivity contribution in [1.29, 1.82) is 0 Å². The van der Waals surface area contributed by atoms with Gasteiger partial charge in [0, 0.05) is 24.3 Å². The van der Waals surface area contributed by atoms with Gasteiger partial charge in [-0.3, -0.25) is 0 Å². The molecule has 0 aliphatic carbocycles. The second-order valence-corrected chi connectivity index (χ2v) is 7.95. The minimum atomic E-state index is -1.07. The van der Waals surface area contributed by atoms with Crippen LogP contribution in [-0.4, -0.2) is 38.1 Å². The van der Waals surface area contributed by atoms with E-state index in [4.69, 9.17) is 16.7 Å². The maximum Gasteiger partial charge on any atom is 0.407 e. The van der Waals surface area contributed by atoms with Crippen molar-refractivity contribution in [3.05, 3.63) is 52.8 Å². The zero-order valence-electron chi connectivity index (χ0n) is 13.4. The molecule has 0 radical (unpaired) electrons. The van der Waals surface area contributed by atoms with Crippen LogP contribution < -0.4 is 0 Å². The van der Waals surface area contributed by atoms with E-state index in [1.165, 1.54) is 36.3 Å². The molecule has 3 aromatic rings. The number of carboxylic acid groups (broad SMARTS) is 1. The molecule has 0 aromatic carbocycles. The highest BCUT2D eigenvalue weighted by atomic mass is 35.5. The monoisotopic (exact) mass is 410 g/mol. The van der Waals surface area contributed by atoms with Crippen LogP contribution in [0.1, 0.15) is 5.01 Å². The van der Waals surface area contributed by atoms with Gasteiger partial charge >= 0.3 is 6.09 Å². The molecule has 6 nitrogen and oxygen atoms in total. The first-order valence-electron chi connectivity index (χ1n) is 7.28. The van der Waals surface area contributed by atoms with Crippen molar-refractivity contribution in [1.82, 2.24) is 19.9 Å². The number of carbonyl (C=O) groups is 1. The molecule has 0 atom stereocenters. The van der Waals surface area contributed by atoms with E-state index in [9.17, 15) is 9.18 Å². The number of rotatable bonds is 5. The molecule has 0 spiro atoms. The largest absolute Gasteiger partial charge is 0.465 e. The molecule has 0 bridgehead atoms.